The van der Waals surface area contributed by atoms with Crippen LogP contribution in [0.3, 0.4) is 0 Å². The molecule has 120 valence electrons. The second-order valence-corrected chi connectivity index (χ2v) is 5.82. The van der Waals surface area contributed by atoms with Crippen molar-refractivity contribution in [1.29, 1.82) is 0 Å². The van der Waals surface area contributed by atoms with Crippen LogP contribution in [0.5, 0.6) is 0 Å². The van der Waals surface area contributed by atoms with Crippen molar-refractivity contribution >= 4 is 11.6 Å². The van der Waals surface area contributed by atoms with Gasteiger partial charge in [0.15, 0.2) is 0 Å². The van der Waals surface area contributed by atoms with Crippen LogP contribution in [-0.4, -0.2) is 32.4 Å². The largest absolute Gasteiger partial charge is 0.379 e. The summed E-state index contributed by atoms with van der Waals surface area (Å²) in [5.41, 5.74) is 1.03. The first-order chi connectivity index (χ1) is 10.1. The first-order valence-electron chi connectivity index (χ1n) is 7.82. The van der Waals surface area contributed by atoms with Crippen LogP contribution in [0.25, 0.3) is 0 Å². The van der Waals surface area contributed by atoms with E-state index in [2.05, 4.69) is 26.1 Å². The van der Waals surface area contributed by atoms with Gasteiger partial charge in [-0.1, -0.05) is 57.0 Å². The Morgan fingerprint density at radius 1 is 1.14 bits per heavy atom. The van der Waals surface area contributed by atoms with Crippen LogP contribution >= 0.6 is 11.6 Å². The smallest absolute Gasteiger partial charge is 0.0964 e. The summed E-state index contributed by atoms with van der Waals surface area (Å²) in [6, 6.07) is 8.27. The maximum atomic E-state index is 6.28. The normalized spacial score (nSPS) is 12.8. The molecule has 0 saturated carbocycles. The summed E-state index contributed by atoms with van der Waals surface area (Å²) in [6.45, 7) is 9.17. The number of rotatable bonds is 11. The van der Waals surface area contributed by atoms with Crippen LogP contribution in [0.4, 0.5) is 0 Å². The summed E-state index contributed by atoms with van der Waals surface area (Å²) >= 11 is 6.28. The van der Waals surface area contributed by atoms with Crippen LogP contribution in [0.15, 0.2) is 24.3 Å². The minimum Gasteiger partial charge on any atom is -0.379 e. The molecule has 0 aliphatic rings. The van der Waals surface area contributed by atoms with Crippen LogP contribution in [0, 0.1) is 0 Å². The highest BCUT2D eigenvalue weighted by molar-refractivity contribution is 6.31. The summed E-state index contributed by atoms with van der Waals surface area (Å²) in [6.07, 6.45) is 2.21. The molecule has 1 aromatic carbocycles. The summed E-state index contributed by atoms with van der Waals surface area (Å²) in [7, 11) is 0. The van der Waals surface area contributed by atoms with Crippen molar-refractivity contribution in [2.45, 2.75) is 45.8 Å². The fraction of sp³-hybridized carbons (Fsp3) is 0.647. The van der Waals surface area contributed by atoms with Crippen molar-refractivity contribution < 1.29 is 9.47 Å². The third kappa shape index (κ3) is 7.82. The predicted molar refractivity (Wildman–Crippen MR) is 89.0 cm³/mol. The SMILES string of the molecule is CCCCOCCOC(CNC(C)C)c1ccccc1Cl. The molecule has 0 bridgehead atoms. The van der Waals surface area contributed by atoms with Crippen molar-refractivity contribution in [3.05, 3.63) is 34.9 Å². The van der Waals surface area contributed by atoms with Gasteiger partial charge in [-0.2, -0.15) is 0 Å². The lowest BCUT2D eigenvalue weighted by Crippen LogP contribution is -2.29. The van der Waals surface area contributed by atoms with E-state index in [4.69, 9.17) is 21.1 Å². The topological polar surface area (TPSA) is 30.5 Å². The molecule has 0 amide bonds. The van der Waals surface area contributed by atoms with Crippen LogP contribution in [-0.2, 0) is 9.47 Å². The maximum Gasteiger partial charge on any atom is 0.0964 e. The molecule has 0 saturated heterocycles. The molecule has 0 aromatic heterocycles. The Bertz CT molecular complexity index is 385. The monoisotopic (exact) mass is 313 g/mol. The van der Waals surface area contributed by atoms with Gasteiger partial charge in [0.25, 0.3) is 0 Å². The van der Waals surface area contributed by atoms with E-state index < -0.39 is 0 Å². The van der Waals surface area contributed by atoms with E-state index in [1.54, 1.807) is 0 Å². The third-order valence-electron chi connectivity index (χ3n) is 3.15. The predicted octanol–water partition coefficient (Wildman–Crippen LogP) is 4.21. The summed E-state index contributed by atoms with van der Waals surface area (Å²) in [4.78, 5) is 0. The zero-order valence-electron chi connectivity index (χ0n) is 13.4. The molecule has 3 nitrogen and oxygen atoms in total. The van der Waals surface area contributed by atoms with Gasteiger partial charge in [0.2, 0.25) is 0 Å². The Kier molecular flexibility index (Phi) is 9.68. The van der Waals surface area contributed by atoms with E-state index >= 15 is 0 Å². The summed E-state index contributed by atoms with van der Waals surface area (Å²) in [5.74, 6) is 0. The fourth-order valence-corrected chi connectivity index (χ4v) is 2.19. The minimum atomic E-state index is -0.0455. The Labute approximate surface area is 134 Å². The highest BCUT2D eigenvalue weighted by Crippen LogP contribution is 2.25. The lowest BCUT2D eigenvalue weighted by atomic mass is 10.1. The van der Waals surface area contributed by atoms with Gasteiger partial charge in [-0.15, -0.1) is 0 Å². The van der Waals surface area contributed by atoms with Gasteiger partial charge in [0.05, 0.1) is 19.3 Å². The first kappa shape index (κ1) is 18.4. The van der Waals surface area contributed by atoms with E-state index in [1.807, 2.05) is 24.3 Å². The maximum absolute atomic E-state index is 6.28. The van der Waals surface area contributed by atoms with Crippen molar-refractivity contribution in [1.82, 2.24) is 5.32 Å². The van der Waals surface area contributed by atoms with Gasteiger partial charge in [-0.25, -0.2) is 0 Å². The fourth-order valence-electron chi connectivity index (χ4n) is 1.94. The lowest BCUT2D eigenvalue weighted by molar-refractivity contribution is 0.00298. The summed E-state index contributed by atoms with van der Waals surface area (Å²) < 4.78 is 11.5. The minimum absolute atomic E-state index is 0.0455. The molecule has 0 spiro atoms. The highest BCUT2D eigenvalue weighted by atomic mass is 35.5. The van der Waals surface area contributed by atoms with E-state index in [9.17, 15) is 0 Å². The molecular weight excluding hydrogens is 286 g/mol. The van der Waals surface area contributed by atoms with E-state index in [1.165, 1.54) is 0 Å². The van der Waals surface area contributed by atoms with Gasteiger partial charge in [0, 0.05) is 29.8 Å². The second-order valence-electron chi connectivity index (χ2n) is 5.41. The van der Waals surface area contributed by atoms with Crippen molar-refractivity contribution in [2.24, 2.45) is 0 Å². The van der Waals surface area contributed by atoms with Gasteiger partial charge < -0.3 is 14.8 Å². The van der Waals surface area contributed by atoms with Gasteiger partial charge in [0.1, 0.15) is 0 Å². The third-order valence-corrected chi connectivity index (χ3v) is 3.50. The molecular formula is C17H28ClNO2. The van der Waals surface area contributed by atoms with Gasteiger partial charge in [-0.05, 0) is 12.5 Å². The molecule has 0 fully saturated rings. The van der Waals surface area contributed by atoms with E-state index in [0.717, 1.165) is 36.6 Å². The molecule has 0 heterocycles. The zero-order valence-corrected chi connectivity index (χ0v) is 14.2. The molecule has 0 aliphatic heterocycles. The second kappa shape index (κ2) is 11.0. The Morgan fingerprint density at radius 2 is 1.90 bits per heavy atom. The Morgan fingerprint density at radius 3 is 2.57 bits per heavy atom. The van der Waals surface area contributed by atoms with E-state index in [0.29, 0.717) is 19.3 Å². The number of unbranched alkanes of at least 4 members (excludes halogenated alkanes) is 1. The Hall–Kier alpha value is -0.610. The van der Waals surface area contributed by atoms with Crippen molar-refractivity contribution in [3.63, 3.8) is 0 Å². The van der Waals surface area contributed by atoms with Crippen LogP contribution < -0.4 is 5.32 Å². The molecule has 21 heavy (non-hydrogen) atoms. The molecule has 4 heteroatoms. The van der Waals surface area contributed by atoms with E-state index in [-0.39, 0.29) is 6.10 Å². The molecule has 0 aliphatic carbocycles. The molecule has 1 N–H and O–H groups in total. The average molecular weight is 314 g/mol. The molecule has 1 unspecified atom stereocenters. The quantitative estimate of drug-likeness (QED) is 0.621. The summed E-state index contributed by atoms with van der Waals surface area (Å²) in [5, 5.41) is 4.16. The van der Waals surface area contributed by atoms with Crippen molar-refractivity contribution in [2.75, 3.05) is 26.4 Å². The number of halogens is 1. The number of nitrogens with one attached hydrogen (secondary N) is 1. The molecule has 0 radical (unpaired) electrons. The Balaban J connectivity index is 2.47. The molecule has 1 atom stereocenters. The standard InChI is InChI=1S/C17H28ClNO2/c1-4-5-10-20-11-12-21-17(13-19-14(2)3)15-8-6-7-9-16(15)18/h6-9,14,17,19H,4-5,10-13H2,1-3H3. The highest BCUT2D eigenvalue weighted by Gasteiger charge is 2.15. The average Bonchev–Trinajstić information content (AvgIpc) is 2.46. The number of benzene rings is 1. The number of hydrogen-bond donors (Lipinski definition) is 1. The van der Waals surface area contributed by atoms with Crippen molar-refractivity contribution in [3.8, 4) is 0 Å². The van der Waals surface area contributed by atoms with Gasteiger partial charge >= 0.3 is 0 Å². The number of ether oxygens (including phenoxy) is 2. The van der Waals surface area contributed by atoms with Crippen LogP contribution in [0.1, 0.15) is 45.3 Å². The van der Waals surface area contributed by atoms with Crippen LogP contribution in [0.2, 0.25) is 5.02 Å². The molecule has 1 aromatic rings. The first-order valence-corrected chi connectivity index (χ1v) is 8.20. The number of hydrogen-bond acceptors (Lipinski definition) is 3. The molecule has 1 rings (SSSR count). The zero-order chi connectivity index (χ0) is 15.5. The lowest BCUT2D eigenvalue weighted by Gasteiger charge is -2.21. The van der Waals surface area contributed by atoms with Gasteiger partial charge in [-0.3, -0.25) is 0 Å².